The van der Waals surface area contributed by atoms with E-state index in [4.69, 9.17) is 11.6 Å². The number of halogens is 1. The van der Waals surface area contributed by atoms with Crippen LogP contribution in [0, 0.1) is 0 Å². The zero-order chi connectivity index (χ0) is 9.40. The van der Waals surface area contributed by atoms with Crippen LogP contribution in [0.2, 0.25) is 0 Å². The predicted molar refractivity (Wildman–Crippen MR) is 61.8 cm³/mol. The lowest BCUT2D eigenvalue weighted by Gasteiger charge is -2.00. The largest absolute Gasteiger partial charge is 0.259 e. The van der Waals surface area contributed by atoms with E-state index in [2.05, 4.69) is 16.3 Å². The van der Waals surface area contributed by atoms with Gasteiger partial charge in [0, 0.05) is 6.54 Å². The van der Waals surface area contributed by atoms with Gasteiger partial charge >= 0.3 is 0 Å². The zero-order valence-electron chi connectivity index (χ0n) is 7.26. The molecule has 0 amide bonds. The summed E-state index contributed by atoms with van der Waals surface area (Å²) < 4.78 is 3.06. The van der Waals surface area contributed by atoms with E-state index in [1.807, 2.05) is 13.8 Å². The Balaban J connectivity index is 3.71. The van der Waals surface area contributed by atoms with Gasteiger partial charge in [0.2, 0.25) is 0 Å². The van der Waals surface area contributed by atoms with Crippen molar-refractivity contribution in [1.82, 2.24) is 4.72 Å². The third-order valence-electron chi connectivity index (χ3n) is 0.880. The maximum Gasteiger partial charge on any atom is 0.105 e. The maximum atomic E-state index is 5.51. The first-order valence-corrected chi connectivity index (χ1v) is 5.87. The lowest BCUT2D eigenvalue weighted by atomic mass is 10.8. The molecule has 0 aliphatic carbocycles. The van der Waals surface area contributed by atoms with Crippen LogP contribution in [0.5, 0.6) is 0 Å². The van der Waals surface area contributed by atoms with Crippen LogP contribution in [0.4, 0.5) is 0 Å². The molecule has 0 atom stereocenters. The molecule has 1 N–H and O–H groups in total. The Labute approximate surface area is 87.4 Å². The van der Waals surface area contributed by atoms with Gasteiger partial charge < -0.3 is 0 Å². The van der Waals surface area contributed by atoms with Gasteiger partial charge in [0.1, 0.15) is 5.03 Å². The number of rotatable bonds is 5. The van der Waals surface area contributed by atoms with E-state index in [0.29, 0.717) is 5.21 Å². The number of nitrogens with zero attached hydrogens (tertiary/aromatic N) is 1. The number of alkyl halides is 1. The van der Waals surface area contributed by atoms with E-state index in [1.54, 1.807) is 0 Å². The molecule has 0 fully saturated rings. The topological polar surface area (TPSA) is 24.4 Å². The SMILES string of the molecule is C=C(/N=C(/C)SCCl)SNCC. The molecule has 0 saturated heterocycles. The van der Waals surface area contributed by atoms with Gasteiger partial charge in [-0.15, -0.1) is 11.6 Å². The summed E-state index contributed by atoms with van der Waals surface area (Å²) >= 11 is 8.46. The van der Waals surface area contributed by atoms with Crippen LogP contribution in [0.3, 0.4) is 0 Å². The molecular formula is C7H13ClN2S2. The van der Waals surface area contributed by atoms with Gasteiger partial charge in [-0.1, -0.05) is 25.3 Å². The highest BCUT2D eigenvalue weighted by atomic mass is 35.5. The molecule has 5 heteroatoms. The molecule has 12 heavy (non-hydrogen) atoms. The summed E-state index contributed by atoms with van der Waals surface area (Å²) in [5.74, 6) is 0. The average Bonchev–Trinajstić information content (AvgIpc) is 2.01. The maximum absolute atomic E-state index is 5.51. The van der Waals surface area contributed by atoms with Crippen molar-refractivity contribution < 1.29 is 0 Å². The summed E-state index contributed by atoms with van der Waals surface area (Å²) in [6.45, 7) is 8.63. The van der Waals surface area contributed by atoms with Crippen LogP contribution in [-0.2, 0) is 0 Å². The fourth-order valence-corrected chi connectivity index (χ4v) is 1.82. The molecule has 0 rings (SSSR count). The Morgan fingerprint density at radius 1 is 1.67 bits per heavy atom. The minimum atomic E-state index is 0.536. The summed E-state index contributed by atoms with van der Waals surface area (Å²) in [4.78, 5) is 4.21. The first-order valence-electron chi connectivity index (χ1n) is 3.53. The highest BCUT2D eigenvalue weighted by Gasteiger charge is 1.93. The Bertz CT molecular complexity index is 171. The number of aliphatic imine (C=N–C) groups is 1. The van der Waals surface area contributed by atoms with Crippen molar-refractivity contribution in [2.24, 2.45) is 4.99 Å². The highest BCUT2D eigenvalue weighted by Crippen LogP contribution is 2.14. The van der Waals surface area contributed by atoms with Gasteiger partial charge in [0.15, 0.2) is 0 Å². The molecule has 2 nitrogen and oxygen atoms in total. The van der Waals surface area contributed by atoms with Crippen molar-refractivity contribution in [3.8, 4) is 0 Å². The van der Waals surface area contributed by atoms with E-state index in [1.165, 1.54) is 23.7 Å². The van der Waals surface area contributed by atoms with Gasteiger partial charge in [-0.2, -0.15) is 0 Å². The summed E-state index contributed by atoms with van der Waals surface area (Å²) in [6.07, 6.45) is 0. The molecular weight excluding hydrogens is 212 g/mol. The molecule has 0 aromatic rings. The van der Waals surface area contributed by atoms with Gasteiger partial charge in [0.05, 0.1) is 10.3 Å². The number of thioether (sulfide) groups is 1. The predicted octanol–water partition coefficient (Wildman–Crippen LogP) is 3.06. The van der Waals surface area contributed by atoms with E-state index in [-0.39, 0.29) is 0 Å². The first-order chi connectivity index (χ1) is 5.70. The van der Waals surface area contributed by atoms with Crippen LogP contribution in [0.15, 0.2) is 16.6 Å². The van der Waals surface area contributed by atoms with Crippen molar-refractivity contribution in [3.05, 3.63) is 11.6 Å². The normalized spacial score (nSPS) is 11.8. The van der Waals surface area contributed by atoms with Crippen LogP contribution in [-0.4, -0.2) is 16.8 Å². The molecule has 0 aromatic carbocycles. The van der Waals surface area contributed by atoms with Crippen LogP contribution in [0.25, 0.3) is 0 Å². The van der Waals surface area contributed by atoms with Gasteiger partial charge in [-0.3, -0.25) is 4.72 Å². The lowest BCUT2D eigenvalue weighted by molar-refractivity contribution is 1.04. The van der Waals surface area contributed by atoms with Crippen molar-refractivity contribution in [3.63, 3.8) is 0 Å². The minimum absolute atomic E-state index is 0.536. The third-order valence-corrected chi connectivity index (χ3v) is 2.59. The molecule has 0 saturated carbocycles. The van der Waals surface area contributed by atoms with Gasteiger partial charge in [-0.05, 0) is 18.9 Å². The van der Waals surface area contributed by atoms with Crippen LogP contribution in [0.1, 0.15) is 13.8 Å². The molecule has 0 aliphatic rings. The van der Waals surface area contributed by atoms with E-state index in [9.17, 15) is 0 Å². The lowest BCUT2D eigenvalue weighted by Crippen LogP contribution is -2.00. The summed E-state index contributed by atoms with van der Waals surface area (Å²) in [5, 5.41) is 2.25. The highest BCUT2D eigenvalue weighted by molar-refractivity contribution is 8.14. The standard InChI is InChI=1S/C7H13ClN2S2/c1-4-9-12-7(3)10-6(2)11-5-8/h9H,3-5H2,1-2H3/b10-6-. The van der Waals surface area contributed by atoms with E-state index < -0.39 is 0 Å². The number of hydrogen-bond donors (Lipinski definition) is 1. The molecule has 0 aromatic heterocycles. The van der Waals surface area contributed by atoms with Crippen LogP contribution >= 0.6 is 35.3 Å². The second kappa shape index (κ2) is 7.98. The van der Waals surface area contributed by atoms with Crippen molar-refractivity contribution in [1.29, 1.82) is 0 Å². The molecule has 0 bridgehead atoms. The second-order valence-corrected chi connectivity index (χ2v) is 4.59. The van der Waals surface area contributed by atoms with Gasteiger partial charge in [-0.25, -0.2) is 4.99 Å². The molecule has 0 aliphatic heterocycles. The number of nitrogens with one attached hydrogen (secondary N) is 1. The fourth-order valence-electron chi connectivity index (χ4n) is 0.465. The smallest absolute Gasteiger partial charge is 0.105 e. The quantitative estimate of drug-likeness (QED) is 0.336. The monoisotopic (exact) mass is 224 g/mol. The second-order valence-electron chi connectivity index (χ2n) is 1.88. The zero-order valence-corrected chi connectivity index (χ0v) is 9.65. The van der Waals surface area contributed by atoms with E-state index in [0.717, 1.165) is 16.6 Å². The molecule has 0 heterocycles. The molecule has 70 valence electrons. The van der Waals surface area contributed by atoms with Crippen molar-refractivity contribution in [2.75, 3.05) is 11.8 Å². The minimum Gasteiger partial charge on any atom is -0.259 e. The molecule has 0 spiro atoms. The number of hydrogen-bond acceptors (Lipinski definition) is 4. The fraction of sp³-hybridized carbons (Fsp3) is 0.571. The van der Waals surface area contributed by atoms with E-state index >= 15 is 0 Å². The van der Waals surface area contributed by atoms with Crippen LogP contribution < -0.4 is 4.72 Å². The third kappa shape index (κ3) is 7.03. The Morgan fingerprint density at radius 3 is 2.83 bits per heavy atom. The summed E-state index contributed by atoms with van der Waals surface area (Å²) in [7, 11) is 0. The average molecular weight is 225 g/mol. The molecule has 0 radical (unpaired) electrons. The first kappa shape index (κ1) is 12.4. The Kier molecular flexibility index (Phi) is 8.22. The van der Waals surface area contributed by atoms with Gasteiger partial charge in [0.25, 0.3) is 0 Å². The molecule has 0 unspecified atom stereocenters. The summed E-state index contributed by atoms with van der Waals surface area (Å²) in [5.41, 5.74) is 0. The Hall–Kier alpha value is 0.360. The van der Waals surface area contributed by atoms with Crippen molar-refractivity contribution >= 4 is 40.4 Å². The summed E-state index contributed by atoms with van der Waals surface area (Å²) in [6, 6.07) is 0. The van der Waals surface area contributed by atoms with Crippen molar-refractivity contribution in [2.45, 2.75) is 13.8 Å². The Morgan fingerprint density at radius 2 is 2.33 bits per heavy atom.